The number of anilines is 1. The fourth-order valence-electron chi connectivity index (χ4n) is 3.76. The molecule has 2 aromatic rings. The van der Waals surface area contributed by atoms with E-state index in [9.17, 15) is 14.9 Å². The van der Waals surface area contributed by atoms with Gasteiger partial charge in [-0.25, -0.2) is 9.59 Å². The van der Waals surface area contributed by atoms with E-state index in [0.717, 1.165) is 0 Å². The molecule has 0 saturated carbocycles. The highest BCUT2D eigenvalue weighted by Crippen LogP contribution is 2.47. The summed E-state index contributed by atoms with van der Waals surface area (Å²) in [5.74, 6) is -2.43. The van der Waals surface area contributed by atoms with Crippen LogP contribution in [0, 0.1) is 11.3 Å². The summed E-state index contributed by atoms with van der Waals surface area (Å²) in [5, 5.41) is 10.4. The molecule has 0 amide bonds. The number of ether oxygens (including phenoxy) is 3. The van der Waals surface area contributed by atoms with Gasteiger partial charge in [0.15, 0.2) is 5.75 Å². The van der Waals surface area contributed by atoms with Crippen molar-refractivity contribution in [2.75, 3.05) is 25.7 Å². The Kier molecular flexibility index (Phi) is 7.87. The van der Waals surface area contributed by atoms with Crippen LogP contribution in [-0.4, -0.2) is 32.8 Å². The van der Waals surface area contributed by atoms with Crippen LogP contribution < -0.4 is 15.4 Å². The van der Waals surface area contributed by atoms with Gasteiger partial charge in [0, 0.05) is 5.02 Å². The maximum atomic E-state index is 13.2. The standard InChI is InChI=1S/C24H21BrClN3O5/c1-4-34-21-16(25)10-14(26)11-17(21)29-20(24(31)33-3)19(23(30)32-2)18(15(12-27)22(29)28)13-8-6-5-7-9-13/h5-11,18H,4,28H2,1-3H3. The van der Waals surface area contributed by atoms with Crippen LogP contribution in [0.5, 0.6) is 5.75 Å². The summed E-state index contributed by atoms with van der Waals surface area (Å²) in [5.41, 5.74) is 7.05. The van der Waals surface area contributed by atoms with Gasteiger partial charge in [0.25, 0.3) is 0 Å². The average Bonchev–Trinajstić information content (AvgIpc) is 2.84. The van der Waals surface area contributed by atoms with Crippen molar-refractivity contribution in [1.82, 2.24) is 0 Å². The number of rotatable bonds is 6. The molecule has 0 spiro atoms. The number of halogens is 2. The molecule has 1 aliphatic rings. The largest absolute Gasteiger partial charge is 0.490 e. The average molecular weight is 547 g/mol. The summed E-state index contributed by atoms with van der Waals surface area (Å²) < 4.78 is 16.3. The molecule has 1 unspecified atom stereocenters. The minimum Gasteiger partial charge on any atom is -0.490 e. The quantitative estimate of drug-likeness (QED) is 0.530. The van der Waals surface area contributed by atoms with Gasteiger partial charge < -0.3 is 19.9 Å². The molecule has 0 fully saturated rings. The normalized spacial score (nSPS) is 15.6. The van der Waals surface area contributed by atoms with Crippen molar-refractivity contribution in [2.24, 2.45) is 5.73 Å². The Bertz CT molecular complexity index is 1240. The van der Waals surface area contributed by atoms with Crippen LogP contribution in [0.3, 0.4) is 0 Å². The van der Waals surface area contributed by atoms with Crippen LogP contribution in [0.1, 0.15) is 18.4 Å². The second kappa shape index (κ2) is 10.6. The minimum absolute atomic E-state index is 0.0396. The molecule has 1 aliphatic heterocycles. The topological polar surface area (TPSA) is 115 Å². The number of carbonyl (C=O) groups is 2. The number of nitriles is 1. The van der Waals surface area contributed by atoms with Crippen LogP contribution in [-0.2, 0) is 19.1 Å². The van der Waals surface area contributed by atoms with Crippen LogP contribution in [0.25, 0.3) is 0 Å². The number of hydrogen-bond acceptors (Lipinski definition) is 8. The summed E-state index contributed by atoms with van der Waals surface area (Å²) in [7, 11) is 2.36. The first-order valence-electron chi connectivity index (χ1n) is 10.1. The van der Waals surface area contributed by atoms with Gasteiger partial charge in [0.2, 0.25) is 0 Å². The third kappa shape index (κ3) is 4.47. The van der Waals surface area contributed by atoms with Gasteiger partial charge in [-0.3, -0.25) is 4.90 Å². The van der Waals surface area contributed by atoms with E-state index in [0.29, 0.717) is 20.8 Å². The first kappa shape index (κ1) is 25.1. The van der Waals surface area contributed by atoms with E-state index in [1.54, 1.807) is 43.3 Å². The van der Waals surface area contributed by atoms with Crippen molar-refractivity contribution in [2.45, 2.75) is 12.8 Å². The van der Waals surface area contributed by atoms with Crippen molar-refractivity contribution in [3.8, 4) is 11.8 Å². The van der Waals surface area contributed by atoms with Gasteiger partial charge in [-0.05, 0) is 40.5 Å². The summed E-state index contributed by atoms with van der Waals surface area (Å²) in [6.07, 6.45) is 0. The van der Waals surface area contributed by atoms with E-state index < -0.39 is 17.9 Å². The van der Waals surface area contributed by atoms with Gasteiger partial charge in [0.05, 0.1) is 54.1 Å². The van der Waals surface area contributed by atoms with E-state index >= 15 is 0 Å². The van der Waals surface area contributed by atoms with E-state index in [4.69, 9.17) is 31.5 Å². The fraction of sp³-hybridized carbons (Fsp3) is 0.208. The Balaban J connectivity index is 2.48. The summed E-state index contributed by atoms with van der Waals surface area (Å²) >= 11 is 9.73. The number of nitrogens with two attached hydrogens (primary N) is 1. The molecule has 8 nitrogen and oxygen atoms in total. The molecular weight excluding hydrogens is 526 g/mol. The molecule has 1 atom stereocenters. The molecule has 34 heavy (non-hydrogen) atoms. The number of carbonyl (C=O) groups excluding carboxylic acids is 2. The SMILES string of the molecule is CCOc1c(Br)cc(Cl)cc1N1C(N)=C(C#N)C(c2ccccc2)C(C(=O)OC)=C1C(=O)OC. The second-order valence-electron chi connectivity index (χ2n) is 7.00. The molecule has 0 aromatic heterocycles. The van der Waals surface area contributed by atoms with E-state index in [1.165, 1.54) is 25.2 Å². The Labute approximate surface area is 210 Å². The van der Waals surface area contributed by atoms with E-state index in [1.807, 2.05) is 0 Å². The zero-order valence-corrected chi connectivity index (χ0v) is 20.9. The number of esters is 2. The van der Waals surface area contributed by atoms with Crippen molar-refractivity contribution in [3.05, 3.63) is 80.2 Å². The Morgan fingerprint density at radius 3 is 2.38 bits per heavy atom. The zero-order chi connectivity index (χ0) is 25.0. The molecule has 0 saturated heterocycles. The molecule has 0 bridgehead atoms. The number of nitrogens with zero attached hydrogens (tertiary/aromatic N) is 2. The monoisotopic (exact) mass is 545 g/mol. The molecular formula is C24H21BrClN3O5. The first-order chi connectivity index (χ1) is 16.3. The lowest BCUT2D eigenvalue weighted by Crippen LogP contribution is -2.41. The lowest BCUT2D eigenvalue weighted by atomic mass is 9.81. The number of allylic oxidation sites excluding steroid dienone is 1. The minimum atomic E-state index is -0.970. The maximum absolute atomic E-state index is 13.2. The number of hydrogen-bond donors (Lipinski definition) is 1. The van der Waals surface area contributed by atoms with Crippen LogP contribution >= 0.6 is 27.5 Å². The van der Waals surface area contributed by atoms with Crippen LogP contribution in [0.4, 0.5) is 5.69 Å². The van der Waals surface area contributed by atoms with Gasteiger partial charge in [-0.1, -0.05) is 41.9 Å². The summed E-state index contributed by atoms with van der Waals surface area (Å²) in [6, 6.07) is 14.0. The zero-order valence-electron chi connectivity index (χ0n) is 18.6. The van der Waals surface area contributed by atoms with Gasteiger partial charge in [-0.2, -0.15) is 5.26 Å². The summed E-state index contributed by atoms with van der Waals surface area (Å²) in [6.45, 7) is 2.06. The van der Waals surface area contributed by atoms with Crippen molar-refractivity contribution in [1.29, 1.82) is 5.26 Å². The second-order valence-corrected chi connectivity index (χ2v) is 8.29. The van der Waals surface area contributed by atoms with E-state index in [-0.39, 0.29) is 35.0 Å². The summed E-state index contributed by atoms with van der Waals surface area (Å²) in [4.78, 5) is 27.5. The molecule has 3 rings (SSSR count). The lowest BCUT2D eigenvalue weighted by molar-refractivity contribution is -0.139. The van der Waals surface area contributed by atoms with Gasteiger partial charge in [0.1, 0.15) is 11.5 Å². The molecule has 2 aromatic carbocycles. The third-order valence-electron chi connectivity index (χ3n) is 5.13. The Hall–Kier alpha value is -3.48. The smallest absolute Gasteiger partial charge is 0.355 e. The highest BCUT2D eigenvalue weighted by atomic mass is 79.9. The fourth-order valence-corrected chi connectivity index (χ4v) is 4.67. The molecule has 1 heterocycles. The first-order valence-corrected chi connectivity index (χ1v) is 11.2. The third-order valence-corrected chi connectivity index (χ3v) is 5.94. The van der Waals surface area contributed by atoms with Crippen molar-refractivity contribution < 1.29 is 23.8 Å². The van der Waals surface area contributed by atoms with Crippen molar-refractivity contribution >= 4 is 45.2 Å². The predicted octanol–water partition coefficient (Wildman–Crippen LogP) is 4.40. The van der Waals surface area contributed by atoms with Crippen molar-refractivity contribution in [3.63, 3.8) is 0 Å². The molecule has 10 heteroatoms. The number of benzene rings is 2. The van der Waals surface area contributed by atoms with E-state index in [2.05, 4.69) is 22.0 Å². The number of methoxy groups -OCH3 is 2. The highest BCUT2D eigenvalue weighted by Gasteiger charge is 2.43. The van der Waals surface area contributed by atoms with Crippen LogP contribution in [0.2, 0.25) is 5.02 Å². The molecule has 176 valence electrons. The predicted molar refractivity (Wildman–Crippen MR) is 130 cm³/mol. The molecule has 2 N–H and O–H groups in total. The van der Waals surface area contributed by atoms with Gasteiger partial charge >= 0.3 is 11.9 Å². The lowest BCUT2D eigenvalue weighted by Gasteiger charge is -2.36. The van der Waals surface area contributed by atoms with Gasteiger partial charge in [-0.15, -0.1) is 0 Å². The Morgan fingerprint density at radius 1 is 1.18 bits per heavy atom. The molecule has 0 aliphatic carbocycles. The highest BCUT2D eigenvalue weighted by molar-refractivity contribution is 9.10. The Morgan fingerprint density at radius 2 is 1.82 bits per heavy atom. The van der Waals surface area contributed by atoms with Crippen LogP contribution in [0.15, 0.2) is 69.6 Å². The molecule has 0 radical (unpaired) electrons. The maximum Gasteiger partial charge on any atom is 0.355 e.